The van der Waals surface area contributed by atoms with Crippen LogP contribution >= 0.6 is 11.3 Å². The normalized spacial score (nSPS) is 38.3. The molecular formula is C52H65NO5S. The van der Waals surface area contributed by atoms with Crippen molar-refractivity contribution in [2.24, 2.45) is 51.2 Å². The molecule has 7 heteroatoms. The lowest BCUT2D eigenvalue weighted by Crippen LogP contribution is -2.67. The second-order valence-electron chi connectivity index (χ2n) is 20.6. The molecule has 1 heterocycles. The third-order valence-corrected chi connectivity index (χ3v) is 18.3. The molecule has 6 nitrogen and oxygen atoms in total. The van der Waals surface area contributed by atoms with Crippen LogP contribution in [0, 0.1) is 51.2 Å². The Bertz CT molecular complexity index is 2110. The van der Waals surface area contributed by atoms with Crippen LogP contribution in [0.3, 0.4) is 0 Å². The number of rotatable bonds is 10. The second-order valence-corrected chi connectivity index (χ2v) is 21.6. The van der Waals surface area contributed by atoms with Crippen molar-refractivity contribution in [2.45, 2.75) is 123 Å². The number of nitrogens with zero attached hydrogens (tertiary/aromatic N) is 1. The first kappa shape index (κ1) is 40.9. The van der Waals surface area contributed by atoms with Crippen LogP contribution in [-0.4, -0.2) is 57.9 Å². The summed E-state index contributed by atoms with van der Waals surface area (Å²) in [6.07, 6.45) is 15.3. The molecule has 314 valence electrons. The van der Waals surface area contributed by atoms with Crippen LogP contribution in [-0.2, 0) is 11.2 Å². The van der Waals surface area contributed by atoms with Gasteiger partial charge in [0.2, 0.25) is 0 Å². The highest BCUT2D eigenvalue weighted by atomic mass is 32.1. The lowest BCUT2D eigenvalue weighted by atomic mass is 9.32. The van der Waals surface area contributed by atoms with E-state index in [0.29, 0.717) is 49.1 Å². The van der Waals surface area contributed by atoms with Gasteiger partial charge >= 0.3 is 6.09 Å². The number of benzene rings is 2. The Kier molecular flexibility index (Phi) is 10.5. The number of carbonyl (C=O) groups excluding carboxylic acids is 2. The molecule has 1 amide bonds. The van der Waals surface area contributed by atoms with Gasteiger partial charge in [-0.1, -0.05) is 120 Å². The fourth-order valence-corrected chi connectivity index (χ4v) is 14.7. The summed E-state index contributed by atoms with van der Waals surface area (Å²) in [5.74, 6) is 1.48. The van der Waals surface area contributed by atoms with Crippen molar-refractivity contribution in [3.05, 3.63) is 106 Å². The van der Waals surface area contributed by atoms with Gasteiger partial charge in [0.1, 0.15) is 6.10 Å². The molecule has 10 rings (SSSR count). The number of hydrogen-bond acceptors (Lipinski definition) is 6. The highest BCUT2D eigenvalue weighted by Gasteiger charge is 2.74. The SMILES string of the molecule is CC(C)[C@H]1CC[C@H](C)C[C@@H]1OC(=O)N(CCc1cccs1)C[C@]1(O)CC[C@H]2[C@]34C=C[C@@]5(C=C3C(=O)c3ccccc3-c3ccccc3)CC(O)CC[C@]5(C)[C@H]4CC[C@@]21C. The van der Waals surface area contributed by atoms with Gasteiger partial charge in [-0.05, 0) is 122 Å². The number of Topliss-reactive ketones (excluding diaryl/α,β-unsaturated/α-hetero) is 1. The third kappa shape index (κ3) is 6.45. The van der Waals surface area contributed by atoms with Gasteiger partial charge in [0.05, 0.1) is 18.2 Å². The highest BCUT2D eigenvalue weighted by Crippen LogP contribution is 2.78. The van der Waals surface area contributed by atoms with E-state index in [2.05, 4.69) is 88.6 Å². The van der Waals surface area contributed by atoms with Gasteiger partial charge in [0.15, 0.2) is 5.78 Å². The minimum absolute atomic E-state index is 0.0178. The molecule has 2 N–H and O–H groups in total. The van der Waals surface area contributed by atoms with E-state index in [4.69, 9.17) is 4.74 Å². The van der Waals surface area contributed by atoms with Crippen LogP contribution in [0.4, 0.5) is 4.79 Å². The third-order valence-electron chi connectivity index (χ3n) is 17.3. The van der Waals surface area contributed by atoms with Crippen LogP contribution in [0.2, 0.25) is 0 Å². The van der Waals surface area contributed by atoms with Gasteiger partial charge in [-0.25, -0.2) is 4.79 Å². The van der Waals surface area contributed by atoms with Gasteiger partial charge in [0, 0.05) is 38.8 Å². The number of carbonyl (C=O) groups is 2. The molecule has 7 aliphatic rings. The van der Waals surface area contributed by atoms with Crippen LogP contribution < -0.4 is 0 Å². The molecule has 4 fully saturated rings. The molecule has 1 aromatic heterocycles. The van der Waals surface area contributed by atoms with E-state index in [0.717, 1.165) is 68.1 Å². The summed E-state index contributed by atoms with van der Waals surface area (Å²) in [4.78, 5) is 33.2. The zero-order valence-electron chi connectivity index (χ0n) is 35.9. The Hall–Kier alpha value is -3.52. The number of allylic oxidation sites excluding steroid dienone is 4. The first-order valence-corrected chi connectivity index (χ1v) is 23.6. The minimum Gasteiger partial charge on any atom is -0.446 e. The first-order chi connectivity index (χ1) is 28.2. The Labute approximate surface area is 356 Å². The van der Waals surface area contributed by atoms with E-state index in [1.165, 1.54) is 4.88 Å². The largest absolute Gasteiger partial charge is 0.446 e. The van der Waals surface area contributed by atoms with Crippen LogP contribution in [0.5, 0.6) is 0 Å². The van der Waals surface area contributed by atoms with Crippen LogP contribution in [0.15, 0.2) is 95.9 Å². The van der Waals surface area contributed by atoms with Crippen molar-refractivity contribution >= 4 is 23.2 Å². The molecular weight excluding hydrogens is 751 g/mol. The van der Waals surface area contributed by atoms with Crippen molar-refractivity contribution in [2.75, 3.05) is 13.1 Å². The molecule has 0 saturated heterocycles. The number of aliphatic hydroxyl groups is 2. The summed E-state index contributed by atoms with van der Waals surface area (Å²) < 4.78 is 6.54. The van der Waals surface area contributed by atoms with E-state index >= 15 is 4.79 Å². The predicted molar refractivity (Wildman–Crippen MR) is 236 cm³/mol. The average Bonchev–Trinajstić information content (AvgIpc) is 3.84. The summed E-state index contributed by atoms with van der Waals surface area (Å²) in [6.45, 7) is 12.1. The molecule has 4 saturated carbocycles. The Morgan fingerprint density at radius 1 is 0.881 bits per heavy atom. The van der Waals surface area contributed by atoms with Gasteiger partial charge in [0.25, 0.3) is 0 Å². The van der Waals surface area contributed by atoms with Crippen molar-refractivity contribution in [3.63, 3.8) is 0 Å². The molecule has 7 aliphatic carbocycles. The fraction of sp³-hybridized carbons (Fsp3) is 0.577. The Morgan fingerprint density at radius 3 is 2.37 bits per heavy atom. The summed E-state index contributed by atoms with van der Waals surface area (Å²) in [7, 11) is 0. The lowest BCUT2D eigenvalue weighted by Gasteiger charge is -2.71. The maximum Gasteiger partial charge on any atom is 0.410 e. The molecule has 2 bridgehead atoms. The van der Waals surface area contributed by atoms with E-state index < -0.39 is 27.9 Å². The standard InChI is InChI=1S/C52H65NO5S/c1-34(2)39-18-17-35(3)30-43(39)58-47(56)53(28-22-38-14-11-29-59-38)33-51(57)25-21-45-49(51,5)24-20-44-48(4)23-19-37(54)31-50(48)26-27-52(44,45)42(32-50)46(55)41-16-10-9-15-40(41)36-12-7-6-8-13-36/h6-16,26-27,29,32,34-35,37,39,43-45,54,57H,17-25,28,30-31,33H2,1-5H3/t35-,37?,39+,43-,44+,45+,48+,49-,50-,51+,52+/m0/s1. The molecule has 1 unspecified atom stereocenters. The molecule has 0 radical (unpaired) electrons. The quantitative estimate of drug-likeness (QED) is 0.157. The number of ether oxygens (including phenoxy) is 1. The van der Waals surface area contributed by atoms with E-state index in [1.54, 1.807) is 11.3 Å². The zero-order valence-corrected chi connectivity index (χ0v) is 36.7. The van der Waals surface area contributed by atoms with Gasteiger partial charge < -0.3 is 19.8 Å². The number of fused-ring (bicyclic) bond motifs is 1. The van der Waals surface area contributed by atoms with Crippen molar-refractivity contribution in [3.8, 4) is 11.1 Å². The summed E-state index contributed by atoms with van der Waals surface area (Å²) >= 11 is 1.70. The number of hydrogen-bond donors (Lipinski definition) is 2. The maximum absolute atomic E-state index is 15.6. The van der Waals surface area contributed by atoms with Crippen molar-refractivity contribution < 1.29 is 24.5 Å². The first-order valence-electron chi connectivity index (χ1n) is 22.7. The average molecular weight is 816 g/mol. The highest BCUT2D eigenvalue weighted by molar-refractivity contribution is 7.09. The lowest BCUT2D eigenvalue weighted by molar-refractivity contribution is -0.175. The smallest absolute Gasteiger partial charge is 0.410 e. The number of thiophene rings is 1. The molecule has 0 aliphatic heterocycles. The van der Waals surface area contributed by atoms with Gasteiger partial charge in [-0.15, -0.1) is 11.3 Å². The van der Waals surface area contributed by atoms with Gasteiger partial charge in [-0.3, -0.25) is 4.79 Å². The Morgan fingerprint density at radius 2 is 1.61 bits per heavy atom. The second kappa shape index (κ2) is 15.1. The number of amides is 1. The summed E-state index contributed by atoms with van der Waals surface area (Å²) in [6, 6.07) is 22.4. The van der Waals surface area contributed by atoms with Crippen LogP contribution in [0.1, 0.15) is 114 Å². The zero-order chi connectivity index (χ0) is 41.4. The number of aliphatic hydroxyl groups excluding tert-OH is 1. The van der Waals surface area contributed by atoms with E-state index in [9.17, 15) is 15.0 Å². The summed E-state index contributed by atoms with van der Waals surface area (Å²) in [5, 5.41) is 26.7. The minimum atomic E-state index is -1.18. The predicted octanol–water partition coefficient (Wildman–Crippen LogP) is 11.3. The fourth-order valence-electron chi connectivity index (χ4n) is 14.0. The van der Waals surface area contributed by atoms with Gasteiger partial charge in [-0.2, -0.15) is 0 Å². The van der Waals surface area contributed by atoms with Crippen molar-refractivity contribution in [1.82, 2.24) is 4.90 Å². The monoisotopic (exact) mass is 815 g/mol. The number of ketones is 1. The molecule has 2 aromatic carbocycles. The van der Waals surface area contributed by atoms with Crippen molar-refractivity contribution in [1.29, 1.82) is 0 Å². The maximum atomic E-state index is 15.6. The van der Waals surface area contributed by atoms with Crippen LogP contribution in [0.25, 0.3) is 11.1 Å². The molecule has 11 atom stereocenters. The topological polar surface area (TPSA) is 87.1 Å². The van der Waals surface area contributed by atoms with E-state index in [-0.39, 0.29) is 41.8 Å². The molecule has 3 aromatic rings. The molecule has 59 heavy (non-hydrogen) atoms. The Balaban J connectivity index is 1.09. The molecule has 2 spiro atoms. The van der Waals surface area contributed by atoms with E-state index in [1.807, 2.05) is 41.3 Å². The summed E-state index contributed by atoms with van der Waals surface area (Å²) in [5.41, 5.74) is 0.592.